The second-order valence-electron chi connectivity index (χ2n) is 17.0. The second kappa shape index (κ2) is 10.9. The third kappa shape index (κ3) is 3.73. The molecule has 2 heterocycles. The van der Waals surface area contributed by atoms with Gasteiger partial charge in [-0.05, 0) is 112 Å². The van der Waals surface area contributed by atoms with Crippen molar-refractivity contribution in [2.24, 2.45) is 0 Å². The zero-order valence-corrected chi connectivity index (χ0v) is 31.1. The van der Waals surface area contributed by atoms with E-state index in [1.807, 2.05) is 0 Å². The van der Waals surface area contributed by atoms with Crippen LogP contribution >= 0.6 is 0 Å². The van der Waals surface area contributed by atoms with Crippen LogP contribution in [0.2, 0.25) is 0 Å². The minimum atomic E-state index is 0.0858. The minimum Gasteiger partial charge on any atom is -0.311 e. The first-order valence-electron chi connectivity index (χ1n) is 20.7. The van der Waals surface area contributed by atoms with Crippen LogP contribution < -0.4 is 26.2 Å². The van der Waals surface area contributed by atoms with Crippen LogP contribution in [0.3, 0.4) is 0 Å². The van der Waals surface area contributed by atoms with Crippen LogP contribution in [0.1, 0.15) is 73.6 Å². The molecule has 4 aliphatic carbocycles. The number of benzene rings is 7. The average Bonchev–Trinajstić information content (AvgIpc) is 4.05. The zero-order chi connectivity index (χ0) is 35.9. The van der Waals surface area contributed by atoms with Gasteiger partial charge in [0, 0.05) is 50.4 Å². The monoisotopic (exact) mass is 704 g/mol. The Labute approximate surface area is 324 Å². The quantitative estimate of drug-likeness (QED) is 0.165. The Morgan fingerprint density at radius 1 is 0.382 bits per heavy atom. The molecule has 3 heteroatoms. The largest absolute Gasteiger partial charge is 0.311 e. The molecule has 0 radical (unpaired) electrons. The van der Waals surface area contributed by atoms with Gasteiger partial charge < -0.3 is 9.80 Å². The third-order valence-corrected chi connectivity index (χ3v) is 14.7. The van der Waals surface area contributed by atoms with Gasteiger partial charge in [0.1, 0.15) is 0 Å². The van der Waals surface area contributed by atoms with E-state index >= 15 is 0 Å². The van der Waals surface area contributed by atoms with Crippen molar-refractivity contribution in [2.75, 3.05) is 9.80 Å². The maximum atomic E-state index is 2.76. The number of para-hydroxylation sites is 2. The van der Waals surface area contributed by atoms with Gasteiger partial charge in [-0.15, -0.1) is 0 Å². The molecule has 7 aromatic carbocycles. The van der Waals surface area contributed by atoms with Crippen molar-refractivity contribution >= 4 is 57.2 Å². The van der Waals surface area contributed by atoms with E-state index in [2.05, 4.69) is 161 Å². The summed E-state index contributed by atoms with van der Waals surface area (Å²) in [5, 5.41) is 0. The van der Waals surface area contributed by atoms with Crippen LogP contribution in [0.5, 0.6) is 0 Å². The smallest absolute Gasteiger partial charge is 0.252 e. The van der Waals surface area contributed by atoms with E-state index in [4.69, 9.17) is 0 Å². The summed E-state index contributed by atoms with van der Waals surface area (Å²) in [4.78, 5) is 5.28. The SMILES string of the molecule is c1ccc(N2c3ccccc3B3c4ccc5c(c4N(c4cccc6c4-c4ccccc4C64CCCC4)c4cccc2c43)-c2ccccc2C52CCCC2)cc1. The van der Waals surface area contributed by atoms with E-state index in [0.717, 1.165) is 0 Å². The minimum absolute atomic E-state index is 0.0858. The maximum Gasteiger partial charge on any atom is 0.252 e. The fourth-order valence-electron chi connectivity index (χ4n) is 12.7. The predicted molar refractivity (Wildman–Crippen MR) is 230 cm³/mol. The highest BCUT2D eigenvalue weighted by atomic mass is 15.2. The third-order valence-electron chi connectivity index (χ3n) is 14.7. The molecule has 0 unspecified atom stereocenters. The summed E-state index contributed by atoms with van der Waals surface area (Å²) in [6, 6.07) is 58.6. The summed E-state index contributed by atoms with van der Waals surface area (Å²) in [7, 11) is 0. The van der Waals surface area contributed by atoms with Gasteiger partial charge >= 0.3 is 0 Å². The molecule has 0 bridgehead atoms. The van der Waals surface area contributed by atoms with Crippen molar-refractivity contribution in [3.8, 4) is 22.3 Å². The van der Waals surface area contributed by atoms with Crippen molar-refractivity contribution < 1.29 is 0 Å². The topological polar surface area (TPSA) is 6.48 Å². The number of fused-ring (bicyclic) bond motifs is 15. The van der Waals surface area contributed by atoms with E-state index in [0.29, 0.717) is 0 Å². The summed E-state index contributed by atoms with van der Waals surface area (Å²) in [5.41, 5.74) is 24.1. The summed E-state index contributed by atoms with van der Waals surface area (Å²) in [5.74, 6) is 0. The molecule has 13 rings (SSSR count). The van der Waals surface area contributed by atoms with Gasteiger partial charge in [0.25, 0.3) is 6.71 Å². The molecule has 0 aromatic heterocycles. The van der Waals surface area contributed by atoms with E-state index in [-0.39, 0.29) is 17.5 Å². The van der Waals surface area contributed by atoms with Crippen LogP contribution in [0.15, 0.2) is 152 Å². The molecule has 2 nitrogen and oxygen atoms in total. The standard InChI is InChI=1S/C52H41BN2/c1-2-16-34(17-3-1)54-43-24-9-8-23-41(43)53-42-29-28-40-48(36-19-5-7-21-38(36)52(40)32-12-13-33-52)50(42)55(46-27-15-26-45(54)49(46)53)44-25-14-22-39-47(44)35-18-4-6-20-37(35)51(39)30-10-11-31-51/h1-9,14-29H,10-13,30-33H2. The number of hydrogen-bond donors (Lipinski definition) is 0. The second-order valence-corrected chi connectivity index (χ2v) is 17.0. The Kier molecular flexibility index (Phi) is 6.06. The van der Waals surface area contributed by atoms with Gasteiger partial charge in [-0.2, -0.15) is 0 Å². The van der Waals surface area contributed by atoms with Gasteiger partial charge in [0.15, 0.2) is 0 Å². The summed E-state index contributed by atoms with van der Waals surface area (Å²) in [6.07, 6.45) is 10.1. The Bertz CT molecular complexity index is 2750. The molecule has 55 heavy (non-hydrogen) atoms. The van der Waals surface area contributed by atoms with Crippen LogP contribution in [-0.2, 0) is 10.8 Å². The normalized spacial score (nSPS) is 18.1. The number of hydrogen-bond acceptors (Lipinski definition) is 2. The number of nitrogens with zero attached hydrogens (tertiary/aromatic N) is 2. The first kappa shape index (κ1) is 30.5. The van der Waals surface area contributed by atoms with E-state index in [1.165, 1.54) is 135 Å². The number of rotatable bonds is 2. The van der Waals surface area contributed by atoms with Gasteiger partial charge in [0.05, 0.1) is 5.69 Å². The van der Waals surface area contributed by atoms with Gasteiger partial charge in [-0.25, -0.2) is 0 Å². The highest BCUT2D eigenvalue weighted by molar-refractivity contribution is 7.00. The lowest BCUT2D eigenvalue weighted by Crippen LogP contribution is -2.61. The number of anilines is 6. The van der Waals surface area contributed by atoms with Crippen molar-refractivity contribution in [1.82, 2.24) is 0 Å². The fourth-order valence-corrected chi connectivity index (χ4v) is 12.7. The zero-order valence-electron chi connectivity index (χ0n) is 31.1. The molecule has 2 spiro atoms. The summed E-state index contributed by atoms with van der Waals surface area (Å²) < 4.78 is 0. The lowest BCUT2D eigenvalue weighted by molar-refractivity contribution is 0.550. The van der Waals surface area contributed by atoms with Gasteiger partial charge in [-0.1, -0.05) is 141 Å². The fraction of sp³-hybridized carbons (Fsp3) is 0.192. The Morgan fingerprint density at radius 3 is 1.64 bits per heavy atom. The Balaban J connectivity index is 1.17. The highest BCUT2D eigenvalue weighted by Crippen LogP contribution is 2.63. The van der Waals surface area contributed by atoms with Crippen LogP contribution in [0.25, 0.3) is 22.3 Å². The van der Waals surface area contributed by atoms with Crippen molar-refractivity contribution in [3.05, 3.63) is 174 Å². The molecule has 0 atom stereocenters. The molecule has 262 valence electrons. The lowest BCUT2D eigenvalue weighted by atomic mass is 9.33. The summed E-state index contributed by atoms with van der Waals surface area (Å²) in [6.45, 7) is 0.108. The Morgan fingerprint density at radius 2 is 0.909 bits per heavy atom. The van der Waals surface area contributed by atoms with E-state index in [1.54, 1.807) is 11.1 Å². The molecule has 0 N–H and O–H groups in total. The average molecular weight is 705 g/mol. The molecular weight excluding hydrogens is 663 g/mol. The molecule has 0 amide bonds. The lowest BCUT2D eigenvalue weighted by Gasteiger charge is -2.45. The predicted octanol–water partition coefficient (Wildman–Crippen LogP) is 11.5. The molecule has 6 aliphatic rings. The van der Waals surface area contributed by atoms with Crippen molar-refractivity contribution in [1.29, 1.82) is 0 Å². The first-order valence-corrected chi connectivity index (χ1v) is 20.7. The molecule has 7 aromatic rings. The van der Waals surface area contributed by atoms with Crippen molar-refractivity contribution in [3.63, 3.8) is 0 Å². The van der Waals surface area contributed by atoms with Crippen LogP contribution in [0.4, 0.5) is 34.1 Å². The summed E-state index contributed by atoms with van der Waals surface area (Å²) >= 11 is 0. The van der Waals surface area contributed by atoms with Crippen LogP contribution in [-0.4, -0.2) is 6.71 Å². The van der Waals surface area contributed by atoms with Gasteiger partial charge in [-0.3, -0.25) is 0 Å². The maximum absolute atomic E-state index is 2.76. The van der Waals surface area contributed by atoms with Crippen molar-refractivity contribution in [2.45, 2.75) is 62.2 Å². The molecule has 0 saturated heterocycles. The molecule has 2 saturated carbocycles. The highest BCUT2D eigenvalue weighted by Gasteiger charge is 2.52. The molecule has 2 fully saturated rings. The first-order chi connectivity index (χ1) is 27.3. The van der Waals surface area contributed by atoms with Crippen LogP contribution in [0, 0.1) is 0 Å². The van der Waals surface area contributed by atoms with E-state index < -0.39 is 0 Å². The molecular formula is C52H41BN2. The Hall–Kier alpha value is -5.80. The van der Waals surface area contributed by atoms with E-state index in [9.17, 15) is 0 Å². The molecule has 2 aliphatic heterocycles. The van der Waals surface area contributed by atoms with Gasteiger partial charge in [0.2, 0.25) is 0 Å².